The lowest BCUT2D eigenvalue weighted by Crippen LogP contribution is -2.37. The average molecular weight is 303 g/mol. The SMILES string of the molecule is CN1CCC(CNS(=O)(=O)CCCCNC2CC2)CC1. The normalized spacial score (nSPS) is 22.2. The molecule has 0 aromatic rings. The van der Waals surface area contributed by atoms with Gasteiger partial charge >= 0.3 is 0 Å². The first-order valence-corrected chi connectivity index (χ1v) is 9.60. The Morgan fingerprint density at radius 1 is 1.10 bits per heavy atom. The van der Waals surface area contributed by atoms with Gasteiger partial charge in [-0.1, -0.05) is 0 Å². The molecular formula is C14H29N3O2S. The molecular weight excluding hydrogens is 274 g/mol. The van der Waals surface area contributed by atoms with E-state index in [-0.39, 0.29) is 5.75 Å². The van der Waals surface area contributed by atoms with E-state index in [1.165, 1.54) is 12.8 Å². The molecule has 20 heavy (non-hydrogen) atoms. The summed E-state index contributed by atoms with van der Waals surface area (Å²) in [5.74, 6) is 0.781. The standard InChI is InChI=1S/C14H29N3O2S/c1-17-9-6-13(7-10-17)12-16-20(18,19)11-3-2-8-15-14-4-5-14/h13-16H,2-12H2,1H3. The number of hydrogen-bond acceptors (Lipinski definition) is 4. The van der Waals surface area contributed by atoms with Gasteiger partial charge in [0.1, 0.15) is 0 Å². The number of sulfonamides is 1. The molecule has 6 heteroatoms. The van der Waals surface area contributed by atoms with E-state index in [2.05, 4.69) is 22.0 Å². The molecule has 0 radical (unpaired) electrons. The smallest absolute Gasteiger partial charge is 0.211 e. The Labute approximate surface area is 123 Å². The lowest BCUT2D eigenvalue weighted by Gasteiger charge is -2.28. The van der Waals surface area contributed by atoms with Crippen molar-refractivity contribution in [3.8, 4) is 0 Å². The predicted molar refractivity (Wildman–Crippen MR) is 82.3 cm³/mol. The van der Waals surface area contributed by atoms with Crippen LogP contribution in [0.1, 0.15) is 38.5 Å². The zero-order valence-corrected chi connectivity index (χ0v) is 13.4. The van der Waals surface area contributed by atoms with E-state index in [0.717, 1.165) is 45.3 Å². The second-order valence-electron chi connectivity index (χ2n) is 6.35. The minimum Gasteiger partial charge on any atom is -0.314 e. The fraction of sp³-hybridized carbons (Fsp3) is 1.00. The number of likely N-dealkylation sites (tertiary alicyclic amines) is 1. The van der Waals surface area contributed by atoms with Gasteiger partial charge in [-0.25, -0.2) is 13.1 Å². The first-order valence-electron chi connectivity index (χ1n) is 7.94. The molecule has 2 N–H and O–H groups in total. The molecule has 0 spiro atoms. The molecule has 0 aromatic carbocycles. The number of unbranched alkanes of at least 4 members (excludes halogenated alkanes) is 1. The maximum atomic E-state index is 11.9. The highest BCUT2D eigenvalue weighted by atomic mass is 32.2. The molecule has 2 aliphatic rings. The Morgan fingerprint density at radius 3 is 2.45 bits per heavy atom. The Kier molecular flexibility index (Phi) is 6.26. The van der Waals surface area contributed by atoms with Gasteiger partial charge in [0.15, 0.2) is 0 Å². The van der Waals surface area contributed by atoms with Gasteiger partial charge in [0.2, 0.25) is 10.0 Å². The topological polar surface area (TPSA) is 61.4 Å². The summed E-state index contributed by atoms with van der Waals surface area (Å²) < 4.78 is 26.6. The summed E-state index contributed by atoms with van der Waals surface area (Å²) in [6, 6.07) is 0.717. The quantitative estimate of drug-likeness (QED) is 0.618. The highest BCUT2D eigenvalue weighted by molar-refractivity contribution is 7.89. The first kappa shape index (κ1) is 16.2. The van der Waals surface area contributed by atoms with Crippen LogP contribution in [0.25, 0.3) is 0 Å². The van der Waals surface area contributed by atoms with Crippen molar-refractivity contribution in [3.05, 3.63) is 0 Å². The summed E-state index contributed by atoms with van der Waals surface area (Å²) in [6.45, 7) is 3.74. The van der Waals surface area contributed by atoms with Gasteiger partial charge in [-0.15, -0.1) is 0 Å². The van der Waals surface area contributed by atoms with E-state index >= 15 is 0 Å². The minimum absolute atomic E-state index is 0.270. The van der Waals surface area contributed by atoms with Crippen LogP contribution in [0, 0.1) is 5.92 Å². The van der Waals surface area contributed by atoms with Crippen LogP contribution in [-0.2, 0) is 10.0 Å². The Bertz CT molecular complexity index is 374. The fourth-order valence-corrected chi connectivity index (χ4v) is 3.81. The molecule has 1 saturated carbocycles. The van der Waals surface area contributed by atoms with Crippen LogP contribution in [0.5, 0.6) is 0 Å². The van der Waals surface area contributed by atoms with Gasteiger partial charge in [-0.05, 0) is 71.1 Å². The van der Waals surface area contributed by atoms with E-state index in [1.807, 2.05) is 0 Å². The van der Waals surface area contributed by atoms with Crippen molar-refractivity contribution < 1.29 is 8.42 Å². The van der Waals surface area contributed by atoms with E-state index in [9.17, 15) is 8.42 Å². The van der Waals surface area contributed by atoms with Crippen LogP contribution < -0.4 is 10.0 Å². The van der Waals surface area contributed by atoms with E-state index in [0.29, 0.717) is 18.5 Å². The predicted octanol–water partition coefficient (Wildman–Crippen LogP) is 0.780. The average Bonchev–Trinajstić information content (AvgIpc) is 3.22. The van der Waals surface area contributed by atoms with Crippen molar-refractivity contribution >= 4 is 10.0 Å². The third-order valence-electron chi connectivity index (χ3n) is 4.28. The van der Waals surface area contributed by atoms with E-state index in [4.69, 9.17) is 0 Å². The summed E-state index contributed by atoms with van der Waals surface area (Å²) in [5, 5.41) is 3.41. The van der Waals surface area contributed by atoms with Gasteiger partial charge in [-0.2, -0.15) is 0 Å². The molecule has 1 aliphatic heterocycles. The van der Waals surface area contributed by atoms with E-state index < -0.39 is 10.0 Å². The lowest BCUT2D eigenvalue weighted by atomic mass is 9.98. The summed E-state index contributed by atoms with van der Waals surface area (Å²) >= 11 is 0. The molecule has 0 bridgehead atoms. The monoisotopic (exact) mass is 303 g/mol. The molecule has 0 aromatic heterocycles. The zero-order valence-electron chi connectivity index (χ0n) is 12.6. The van der Waals surface area contributed by atoms with Crippen LogP contribution in [0.4, 0.5) is 0 Å². The highest BCUT2D eigenvalue weighted by Crippen LogP contribution is 2.18. The molecule has 5 nitrogen and oxygen atoms in total. The zero-order chi connectivity index (χ0) is 14.4. The number of rotatable bonds is 9. The molecule has 1 heterocycles. The third kappa shape index (κ3) is 6.52. The van der Waals surface area contributed by atoms with Gasteiger partial charge in [0.05, 0.1) is 5.75 Å². The second kappa shape index (κ2) is 7.73. The molecule has 118 valence electrons. The van der Waals surface area contributed by atoms with Crippen molar-refractivity contribution in [2.75, 3.05) is 39.0 Å². The Hall–Kier alpha value is -0.170. The summed E-state index contributed by atoms with van der Waals surface area (Å²) in [4.78, 5) is 2.30. The molecule has 0 amide bonds. The molecule has 2 rings (SSSR count). The molecule has 1 aliphatic carbocycles. The highest BCUT2D eigenvalue weighted by Gasteiger charge is 2.20. The number of nitrogens with zero attached hydrogens (tertiary/aromatic N) is 1. The molecule has 0 atom stereocenters. The van der Waals surface area contributed by atoms with Crippen LogP contribution in [0.15, 0.2) is 0 Å². The van der Waals surface area contributed by atoms with Crippen LogP contribution in [0.2, 0.25) is 0 Å². The van der Waals surface area contributed by atoms with Crippen molar-refractivity contribution in [1.29, 1.82) is 0 Å². The summed E-state index contributed by atoms with van der Waals surface area (Å²) in [6.07, 6.45) is 6.48. The maximum Gasteiger partial charge on any atom is 0.211 e. The van der Waals surface area contributed by atoms with E-state index in [1.54, 1.807) is 0 Å². The Morgan fingerprint density at radius 2 is 1.80 bits per heavy atom. The summed E-state index contributed by atoms with van der Waals surface area (Å²) in [7, 11) is -0.950. The van der Waals surface area contributed by atoms with Crippen molar-refractivity contribution in [2.45, 2.75) is 44.6 Å². The number of hydrogen-bond donors (Lipinski definition) is 2. The van der Waals surface area contributed by atoms with Crippen molar-refractivity contribution in [3.63, 3.8) is 0 Å². The largest absolute Gasteiger partial charge is 0.314 e. The van der Waals surface area contributed by atoms with Gasteiger partial charge < -0.3 is 10.2 Å². The Balaban J connectivity index is 1.53. The van der Waals surface area contributed by atoms with Crippen LogP contribution >= 0.6 is 0 Å². The van der Waals surface area contributed by atoms with Gasteiger partial charge in [0, 0.05) is 12.6 Å². The van der Waals surface area contributed by atoms with Crippen LogP contribution in [-0.4, -0.2) is 58.3 Å². The number of nitrogens with one attached hydrogen (secondary N) is 2. The minimum atomic E-state index is -3.07. The first-order chi connectivity index (χ1) is 9.55. The van der Waals surface area contributed by atoms with Gasteiger partial charge in [0.25, 0.3) is 0 Å². The second-order valence-corrected chi connectivity index (χ2v) is 8.28. The molecule has 0 unspecified atom stereocenters. The third-order valence-corrected chi connectivity index (χ3v) is 5.71. The molecule has 1 saturated heterocycles. The van der Waals surface area contributed by atoms with Crippen LogP contribution in [0.3, 0.4) is 0 Å². The van der Waals surface area contributed by atoms with Crippen molar-refractivity contribution in [2.24, 2.45) is 5.92 Å². The maximum absolute atomic E-state index is 11.9. The number of piperidine rings is 1. The fourth-order valence-electron chi connectivity index (χ4n) is 2.59. The summed E-state index contributed by atoms with van der Waals surface area (Å²) in [5.41, 5.74) is 0. The van der Waals surface area contributed by atoms with Gasteiger partial charge in [-0.3, -0.25) is 0 Å². The molecule has 2 fully saturated rings. The lowest BCUT2D eigenvalue weighted by molar-refractivity contribution is 0.220. The van der Waals surface area contributed by atoms with Crippen molar-refractivity contribution in [1.82, 2.24) is 14.9 Å².